The van der Waals surface area contributed by atoms with Crippen LogP contribution in [0.1, 0.15) is 20.3 Å². The Labute approximate surface area is 61.6 Å². The van der Waals surface area contributed by atoms with Crippen LogP contribution in [-0.4, -0.2) is 12.6 Å². The SMILES string of the molecule is C#CCC(C)C(=O)OCC. The molecule has 10 heavy (non-hydrogen) atoms. The van der Waals surface area contributed by atoms with Crippen molar-refractivity contribution in [3.8, 4) is 12.3 Å². The van der Waals surface area contributed by atoms with E-state index in [2.05, 4.69) is 5.92 Å². The minimum Gasteiger partial charge on any atom is -0.466 e. The number of carbonyl (C=O) groups is 1. The van der Waals surface area contributed by atoms with Crippen LogP contribution in [0.25, 0.3) is 0 Å². The Hall–Kier alpha value is -0.970. The van der Waals surface area contributed by atoms with E-state index < -0.39 is 0 Å². The summed E-state index contributed by atoms with van der Waals surface area (Å²) in [7, 11) is 0. The van der Waals surface area contributed by atoms with Gasteiger partial charge in [0.2, 0.25) is 0 Å². The van der Waals surface area contributed by atoms with Crippen LogP contribution in [0.3, 0.4) is 0 Å². The lowest BCUT2D eigenvalue weighted by atomic mass is 10.1. The maximum Gasteiger partial charge on any atom is 0.309 e. The van der Waals surface area contributed by atoms with Gasteiger partial charge in [-0.1, -0.05) is 6.92 Å². The van der Waals surface area contributed by atoms with E-state index in [0.717, 1.165) is 0 Å². The number of terminal acetylenes is 1. The molecule has 0 rings (SSSR count). The third kappa shape index (κ3) is 3.13. The van der Waals surface area contributed by atoms with Crippen molar-refractivity contribution in [2.24, 2.45) is 5.92 Å². The predicted octanol–water partition coefficient (Wildman–Crippen LogP) is 1.21. The Bertz CT molecular complexity index is 144. The van der Waals surface area contributed by atoms with Crippen molar-refractivity contribution in [1.82, 2.24) is 0 Å². The molecule has 2 nitrogen and oxygen atoms in total. The lowest BCUT2D eigenvalue weighted by Gasteiger charge is -2.05. The van der Waals surface area contributed by atoms with Gasteiger partial charge >= 0.3 is 5.97 Å². The van der Waals surface area contributed by atoms with Crippen molar-refractivity contribution in [3.63, 3.8) is 0 Å². The van der Waals surface area contributed by atoms with E-state index in [1.54, 1.807) is 13.8 Å². The summed E-state index contributed by atoms with van der Waals surface area (Å²) in [5, 5.41) is 0. The Morgan fingerprint density at radius 3 is 2.80 bits per heavy atom. The fourth-order valence-electron chi connectivity index (χ4n) is 0.545. The molecule has 0 amide bonds. The molecule has 0 aromatic carbocycles. The van der Waals surface area contributed by atoms with Gasteiger partial charge < -0.3 is 4.74 Å². The lowest BCUT2D eigenvalue weighted by Crippen LogP contribution is -2.13. The van der Waals surface area contributed by atoms with Crippen LogP contribution in [0, 0.1) is 18.3 Å². The molecule has 0 fully saturated rings. The fourth-order valence-corrected chi connectivity index (χ4v) is 0.545. The molecule has 0 saturated carbocycles. The molecule has 2 heteroatoms. The van der Waals surface area contributed by atoms with Gasteiger partial charge in [-0.2, -0.15) is 0 Å². The van der Waals surface area contributed by atoms with Crippen LogP contribution in [0.2, 0.25) is 0 Å². The highest BCUT2D eigenvalue weighted by molar-refractivity contribution is 5.72. The van der Waals surface area contributed by atoms with Gasteiger partial charge in [-0.3, -0.25) is 4.79 Å². The van der Waals surface area contributed by atoms with Gasteiger partial charge in [0.1, 0.15) is 0 Å². The zero-order chi connectivity index (χ0) is 7.98. The highest BCUT2D eigenvalue weighted by Gasteiger charge is 2.11. The van der Waals surface area contributed by atoms with Crippen LogP contribution in [0.15, 0.2) is 0 Å². The van der Waals surface area contributed by atoms with E-state index in [1.165, 1.54) is 0 Å². The summed E-state index contributed by atoms with van der Waals surface area (Å²) in [6, 6.07) is 0. The Morgan fingerprint density at radius 2 is 2.40 bits per heavy atom. The molecule has 0 aliphatic carbocycles. The van der Waals surface area contributed by atoms with Gasteiger partial charge in [-0.25, -0.2) is 0 Å². The monoisotopic (exact) mass is 140 g/mol. The summed E-state index contributed by atoms with van der Waals surface area (Å²) in [4.78, 5) is 10.8. The molecule has 0 N–H and O–H groups in total. The quantitative estimate of drug-likeness (QED) is 0.435. The summed E-state index contributed by atoms with van der Waals surface area (Å²) in [5.41, 5.74) is 0. The number of esters is 1. The van der Waals surface area contributed by atoms with E-state index in [-0.39, 0.29) is 11.9 Å². The van der Waals surface area contributed by atoms with E-state index in [0.29, 0.717) is 13.0 Å². The van der Waals surface area contributed by atoms with Gasteiger partial charge in [0.05, 0.1) is 12.5 Å². The summed E-state index contributed by atoms with van der Waals surface area (Å²) in [5.74, 6) is 2.04. The molecule has 0 heterocycles. The normalized spacial score (nSPS) is 11.7. The van der Waals surface area contributed by atoms with Gasteiger partial charge in [0, 0.05) is 6.42 Å². The summed E-state index contributed by atoms with van der Waals surface area (Å²) >= 11 is 0. The summed E-state index contributed by atoms with van der Waals surface area (Å²) < 4.78 is 4.72. The van der Waals surface area contributed by atoms with E-state index in [1.807, 2.05) is 0 Å². The van der Waals surface area contributed by atoms with Crippen LogP contribution < -0.4 is 0 Å². The first-order valence-electron chi connectivity index (χ1n) is 3.32. The first-order chi connectivity index (χ1) is 4.72. The van der Waals surface area contributed by atoms with E-state index >= 15 is 0 Å². The average molecular weight is 140 g/mol. The first-order valence-corrected chi connectivity index (χ1v) is 3.32. The fraction of sp³-hybridized carbons (Fsp3) is 0.625. The average Bonchev–Trinajstić information content (AvgIpc) is 1.89. The van der Waals surface area contributed by atoms with Crippen molar-refractivity contribution >= 4 is 5.97 Å². The molecule has 0 bridgehead atoms. The standard InChI is InChI=1S/C8H12O2/c1-4-6-7(3)8(9)10-5-2/h1,7H,5-6H2,2-3H3. The van der Waals surface area contributed by atoms with E-state index in [4.69, 9.17) is 11.2 Å². The maximum absolute atomic E-state index is 10.8. The molecule has 0 saturated heterocycles. The topological polar surface area (TPSA) is 26.3 Å². The molecular formula is C8H12O2. The van der Waals surface area contributed by atoms with Gasteiger partial charge in [0.15, 0.2) is 0 Å². The predicted molar refractivity (Wildman–Crippen MR) is 39.2 cm³/mol. The molecule has 0 spiro atoms. The number of hydrogen-bond donors (Lipinski definition) is 0. The van der Waals surface area contributed by atoms with Crippen LogP contribution in [0.4, 0.5) is 0 Å². The largest absolute Gasteiger partial charge is 0.466 e. The molecular weight excluding hydrogens is 128 g/mol. The number of carbonyl (C=O) groups excluding carboxylic acids is 1. The van der Waals surface area contributed by atoms with Crippen molar-refractivity contribution in [2.45, 2.75) is 20.3 Å². The molecule has 0 aromatic rings. The van der Waals surface area contributed by atoms with Crippen LogP contribution in [0.5, 0.6) is 0 Å². The third-order valence-corrected chi connectivity index (χ3v) is 1.11. The number of hydrogen-bond acceptors (Lipinski definition) is 2. The Balaban J connectivity index is 3.62. The zero-order valence-electron chi connectivity index (χ0n) is 6.39. The maximum atomic E-state index is 10.8. The Morgan fingerprint density at radius 1 is 1.80 bits per heavy atom. The molecule has 0 aliphatic rings. The zero-order valence-corrected chi connectivity index (χ0v) is 6.39. The minimum atomic E-state index is -0.208. The highest BCUT2D eigenvalue weighted by atomic mass is 16.5. The molecule has 1 atom stereocenters. The highest BCUT2D eigenvalue weighted by Crippen LogP contribution is 2.02. The number of rotatable bonds is 3. The first kappa shape index (κ1) is 9.03. The molecule has 56 valence electrons. The van der Waals surface area contributed by atoms with Crippen LogP contribution in [-0.2, 0) is 9.53 Å². The van der Waals surface area contributed by atoms with Gasteiger partial charge in [-0.05, 0) is 6.92 Å². The van der Waals surface area contributed by atoms with Crippen molar-refractivity contribution in [2.75, 3.05) is 6.61 Å². The summed E-state index contributed by atoms with van der Waals surface area (Å²) in [6.45, 7) is 3.96. The number of ether oxygens (including phenoxy) is 1. The third-order valence-electron chi connectivity index (χ3n) is 1.11. The second-order valence-corrected chi connectivity index (χ2v) is 2.06. The molecule has 0 radical (unpaired) electrons. The van der Waals surface area contributed by atoms with Crippen molar-refractivity contribution < 1.29 is 9.53 Å². The lowest BCUT2D eigenvalue weighted by molar-refractivity contribution is -0.147. The Kier molecular flexibility index (Phi) is 4.39. The smallest absolute Gasteiger partial charge is 0.309 e. The van der Waals surface area contributed by atoms with Crippen molar-refractivity contribution in [3.05, 3.63) is 0 Å². The molecule has 0 aromatic heterocycles. The van der Waals surface area contributed by atoms with E-state index in [9.17, 15) is 4.79 Å². The summed E-state index contributed by atoms with van der Waals surface area (Å²) in [6.07, 6.45) is 5.46. The van der Waals surface area contributed by atoms with Crippen molar-refractivity contribution in [1.29, 1.82) is 0 Å². The van der Waals surface area contributed by atoms with Gasteiger partial charge in [-0.15, -0.1) is 12.3 Å². The minimum absolute atomic E-state index is 0.162. The molecule has 1 unspecified atom stereocenters. The van der Waals surface area contributed by atoms with Crippen LogP contribution >= 0.6 is 0 Å². The van der Waals surface area contributed by atoms with Gasteiger partial charge in [0.25, 0.3) is 0 Å². The second kappa shape index (κ2) is 4.87. The molecule has 0 aliphatic heterocycles. The second-order valence-electron chi connectivity index (χ2n) is 2.06.